The van der Waals surface area contributed by atoms with Crippen LogP contribution in [0.2, 0.25) is 0 Å². The van der Waals surface area contributed by atoms with Crippen LogP contribution in [0.15, 0.2) is 24.3 Å². The number of hydrogen-bond acceptors (Lipinski definition) is 5. The number of aliphatic hydroxyl groups excluding tert-OH is 2. The summed E-state index contributed by atoms with van der Waals surface area (Å²) in [5.74, 6) is -0.0514. The monoisotopic (exact) mass is 972 g/mol. The molecule has 2 atom stereocenters. The first-order valence-electron chi connectivity index (χ1n) is 31.1. The molecule has 0 aromatic carbocycles. The number of ether oxygens (including phenoxy) is 1. The highest BCUT2D eigenvalue weighted by molar-refractivity contribution is 5.76. The molecule has 69 heavy (non-hydrogen) atoms. The number of carbonyl (C=O) groups is 2. The van der Waals surface area contributed by atoms with Crippen LogP contribution in [0, 0.1) is 0 Å². The Hall–Kier alpha value is -1.66. The number of amides is 1. The molecule has 2 unspecified atom stereocenters. The Morgan fingerprint density at radius 1 is 0.406 bits per heavy atom. The summed E-state index contributed by atoms with van der Waals surface area (Å²) in [7, 11) is 0. The minimum Gasteiger partial charge on any atom is -0.466 e. The molecule has 0 saturated heterocycles. The topological polar surface area (TPSA) is 95.9 Å². The molecule has 0 aliphatic heterocycles. The molecule has 408 valence electrons. The normalized spacial score (nSPS) is 12.7. The van der Waals surface area contributed by atoms with Gasteiger partial charge in [-0.15, -0.1) is 0 Å². The van der Waals surface area contributed by atoms with Gasteiger partial charge in [0.2, 0.25) is 5.91 Å². The highest BCUT2D eigenvalue weighted by Crippen LogP contribution is 2.18. The van der Waals surface area contributed by atoms with Gasteiger partial charge in [-0.05, 0) is 57.8 Å². The zero-order valence-corrected chi connectivity index (χ0v) is 46.6. The van der Waals surface area contributed by atoms with Crippen LogP contribution < -0.4 is 5.32 Å². The third kappa shape index (κ3) is 55.5. The van der Waals surface area contributed by atoms with E-state index >= 15 is 0 Å². The minimum atomic E-state index is -0.671. The van der Waals surface area contributed by atoms with Crippen molar-refractivity contribution >= 4 is 11.9 Å². The zero-order valence-electron chi connectivity index (χ0n) is 46.6. The summed E-state index contributed by atoms with van der Waals surface area (Å²) in [6.45, 7) is 4.94. The van der Waals surface area contributed by atoms with Gasteiger partial charge in [-0.2, -0.15) is 0 Å². The van der Waals surface area contributed by atoms with Crippen molar-refractivity contribution in [3.05, 3.63) is 24.3 Å². The first-order chi connectivity index (χ1) is 34.0. The smallest absolute Gasteiger partial charge is 0.305 e. The van der Waals surface area contributed by atoms with Crippen molar-refractivity contribution in [2.45, 2.75) is 353 Å². The van der Waals surface area contributed by atoms with Gasteiger partial charge in [0.1, 0.15) is 0 Å². The Morgan fingerprint density at radius 3 is 1.07 bits per heavy atom. The van der Waals surface area contributed by atoms with Crippen LogP contribution in [-0.4, -0.2) is 47.4 Å². The van der Waals surface area contributed by atoms with Crippen LogP contribution in [0.25, 0.3) is 0 Å². The number of hydrogen-bond donors (Lipinski definition) is 3. The summed E-state index contributed by atoms with van der Waals surface area (Å²) in [6.07, 6.45) is 71.9. The first-order valence-corrected chi connectivity index (χ1v) is 31.1. The van der Waals surface area contributed by atoms with Crippen molar-refractivity contribution in [3.8, 4) is 0 Å². The van der Waals surface area contributed by atoms with Crippen molar-refractivity contribution in [2.24, 2.45) is 0 Å². The van der Waals surface area contributed by atoms with E-state index in [0.29, 0.717) is 25.9 Å². The molecule has 0 spiro atoms. The lowest BCUT2D eigenvalue weighted by Gasteiger charge is -2.22. The number of carbonyl (C=O) groups excluding carboxylic acids is 2. The van der Waals surface area contributed by atoms with E-state index in [0.717, 1.165) is 70.6 Å². The molecule has 0 heterocycles. The van der Waals surface area contributed by atoms with Gasteiger partial charge >= 0.3 is 5.97 Å². The van der Waals surface area contributed by atoms with Gasteiger partial charge in [0, 0.05) is 12.8 Å². The van der Waals surface area contributed by atoms with Crippen LogP contribution in [0.3, 0.4) is 0 Å². The van der Waals surface area contributed by atoms with Crippen LogP contribution in [-0.2, 0) is 14.3 Å². The predicted molar refractivity (Wildman–Crippen MR) is 301 cm³/mol. The molecule has 1 amide bonds. The quantitative estimate of drug-likeness (QED) is 0.0321. The Labute approximate surface area is 431 Å². The molecule has 0 aromatic rings. The average molecular weight is 973 g/mol. The molecule has 0 radical (unpaired) electrons. The number of rotatable bonds is 58. The molecule has 6 heteroatoms. The summed E-state index contributed by atoms with van der Waals surface area (Å²) in [5.41, 5.74) is 0. The zero-order chi connectivity index (χ0) is 50.0. The molecule has 0 rings (SSSR count). The summed E-state index contributed by atoms with van der Waals surface area (Å²) in [5, 5.41) is 23.3. The molecule has 0 bridgehead atoms. The molecule has 0 aromatic heterocycles. The Bertz CT molecular complexity index is 1080. The van der Waals surface area contributed by atoms with Gasteiger partial charge in [0.05, 0.1) is 25.4 Å². The predicted octanol–water partition coefficient (Wildman–Crippen LogP) is 19.4. The molecule has 6 nitrogen and oxygen atoms in total. The lowest BCUT2D eigenvalue weighted by atomic mass is 10.0. The second-order valence-electron chi connectivity index (χ2n) is 21.4. The van der Waals surface area contributed by atoms with Gasteiger partial charge in [-0.25, -0.2) is 0 Å². The van der Waals surface area contributed by atoms with Crippen molar-refractivity contribution in [1.82, 2.24) is 5.32 Å². The number of nitrogens with one attached hydrogen (secondary N) is 1. The Kier molecular flexibility index (Phi) is 57.5. The van der Waals surface area contributed by atoms with Crippen molar-refractivity contribution < 1.29 is 24.5 Å². The fourth-order valence-corrected chi connectivity index (χ4v) is 9.75. The largest absolute Gasteiger partial charge is 0.466 e. The highest BCUT2D eigenvalue weighted by Gasteiger charge is 2.20. The van der Waals surface area contributed by atoms with E-state index in [9.17, 15) is 19.8 Å². The van der Waals surface area contributed by atoms with Crippen molar-refractivity contribution in [1.29, 1.82) is 0 Å². The maximum atomic E-state index is 12.5. The summed E-state index contributed by atoms with van der Waals surface area (Å²) in [6, 6.07) is -0.549. The van der Waals surface area contributed by atoms with Crippen molar-refractivity contribution in [2.75, 3.05) is 13.2 Å². The molecular formula is C63H121NO5. The molecular weight excluding hydrogens is 851 g/mol. The average Bonchev–Trinajstić information content (AvgIpc) is 3.35. The van der Waals surface area contributed by atoms with E-state index in [4.69, 9.17) is 4.74 Å². The van der Waals surface area contributed by atoms with Crippen LogP contribution in [0.4, 0.5) is 0 Å². The second kappa shape index (κ2) is 58.9. The highest BCUT2D eigenvalue weighted by atomic mass is 16.5. The molecule has 0 aliphatic rings. The third-order valence-electron chi connectivity index (χ3n) is 14.5. The van der Waals surface area contributed by atoms with E-state index in [1.165, 1.54) is 238 Å². The molecule has 0 saturated carbocycles. The Balaban J connectivity index is 3.45. The number of unbranched alkanes of at least 4 members (excludes halogenated alkanes) is 44. The lowest BCUT2D eigenvalue weighted by Crippen LogP contribution is -2.45. The SMILES string of the molecule is CCCCCCCCCCCCCCCCCCCCC(=O)OCCCCC/C=C\C=C/CCCCCCCCCCCCC(=O)NC(CO)C(O)CCCCCCCCCCCCCCCCC. The van der Waals surface area contributed by atoms with Crippen LogP contribution in [0.1, 0.15) is 341 Å². The standard InChI is InChI=1S/C63H121NO5/c1-3-5-7-9-11-13-15-17-19-20-25-29-33-37-41-45-49-53-57-63(68)69-58-54-50-46-42-38-34-30-26-23-21-22-24-28-32-36-40-44-48-52-56-62(67)64-60(59-65)61(66)55-51-47-43-39-35-31-27-18-16-14-12-10-8-6-4-2/h26,30,34,38,60-61,65-66H,3-25,27-29,31-33,35-37,39-59H2,1-2H3,(H,64,67)/b30-26-,38-34-. The number of esters is 1. The number of allylic oxidation sites excluding steroid dienone is 4. The fraction of sp³-hybridized carbons (Fsp3) is 0.905. The maximum absolute atomic E-state index is 12.5. The molecule has 0 aliphatic carbocycles. The van der Waals surface area contributed by atoms with Crippen LogP contribution >= 0.6 is 0 Å². The molecule has 0 fully saturated rings. The van der Waals surface area contributed by atoms with Gasteiger partial charge in [0.25, 0.3) is 0 Å². The van der Waals surface area contributed by atoms with Crippen molar-refractivity contribution in [3.63, 3.8) is 0 Å². The summed E-state index contributed by atoms with van der Waals surface area (Å²) < 4.78 is 5.47. The van der Waals surface area contributed by atoms with E-state index in [2.05, 4.69) is 43.5 Å². The third-order valence-corrected chi connectivity index (χ3v) is 14.5. The van der Waals surface area contributed by atoms with Gasteiger partial charge in [0.15, 0.2) is 0 Å². The van der Waals surface area contributed by atoms with Gasteiger partial charge < -0.3 is 20.3 Å². The van der Waals surface area contributed by atoms with E-state index in [1.807, 2.05) is 0 Å². The minimum absolute atomic E-state index is 0.00847. The summed E-state index contributed by atoms with van der Waals surface area (Å²) in [4.78, 5) is 24.6. The fourth-order valence-electron chi connectivity index (χ4n) is 9.75. The number of aliphatic hydroxyl groups is 2. The maximum Gasteiger partial charge on any atom is 0.305 e. The Morgan fingerprint density at radius 2 is 0.710 bits per heavy atom. The van der Waals surface area contributed by atoms with Gasteiger partial charge in [-0.3, -0.25) is 9.59 Å². The van der Waals surface area contributed by atoms with Gasteiger partial charge in [-0.1, -0.05) is 295 Å². The van der Waals surface area contributed by atoms with E-state index < -0.39 is 12.1 Å². The summed E-state index contributed by atoms with van der Waals surface area (Å²) >= 11 is 0. The second-order valence-corrected chi connectivity index (χ2v) is 21.4. The van der Waals surface area contributed by atoms with Crippen LogP contribution in [0.5, 0.6) is 0 Å². The molecule has 3 N–H and O–H groups in total. The first kappa shape index (κ1) is 67.3. The lowest BCUT2D eigenvalue weighted by molar-refractivity contribution is -0.143. The van der Waals surface area contributed by atoms with E-state index in [-0.39, 0.29) is 18.5 Å². The van der Waals surface area contributed by atoms with E-state index in [1.54, 1.807) is 0 Å².